The molecule has 1 N–H and O–H groups in total. The molecule has 0 amide bonds. The van der Waals surface area contributed by atoms with Crippen LogP contribution in [-0.4, -0.2) is 22.3 Å². The highest BCUT2D eigenvalue weighted by atomic mass is 16.5. The van der Waals surface area contributed by atoms with E-state index < -0.39 is 0 Å². The molecule has 4 nitrogen and oxygen atoms in total. The molecule has 2 unspecified atom stereocenters. The van der Waals surface area contributed by atoms with Crippen LogP contribution in [-0.2, 0) is 4.74 Å². The highest BCUT2D eigenvalue weighted by molar-refractivity contribution is 5.03. The molecule has 1 aliphatic carbocycles. The molecule has 1 saturated carbocycles. The number of aromatic amines is 1. The van der Waals surface area contributed by atoms with Crippen molar-refractivity contribution in [1.82, 2.24) is 9.55 Å². The molecule has 1 aromatic heterocycles. The van der Waals surface area contributed by atoms with Gasteiger partial charge in [-0.1, -0.05) is 13.8 Å². The molecule has 0 spiro atoms. The van der Waals surface area contributed by atoms with Crippen LogP contribution >= 0.6 is 0 Å². The fourth-order valence-electron chi connectivity index (χ4n) is 2.40. The molecule has 0 aliphatic heterocycles. The standard InChI is InChI=1S/C11H18N2O2/c1-4-15-9-7-8(11(9,2)3)13-6-5-12-10(13)14/h5-6,8-9H,4,7H2,1-3H3,(H,12,14). The molecule has 2 atom stereocenters. The maximum Gasteiger partial charge on any atom is 0.325 e. The molecular weight excluding hydrogens is 192 g/mol. The first kappa shape index (κ1) is 10.5. The summed E-state index contributed by atoms with van der Waals surface area (Å²) in [5.74, 6) is 0. The van der Waals surface area contributed by atoms with Gasteiger partial charge in [0.05, 0.1) is 6.10 Å². The van der Waals surface area contributed by atoms with Crippen molar-refractivity contribution in [2.75, 3.05) is 6.61 Å². The topological polar surface area (TPSA) is 47.0 Å². The Kier molecular flexibility index (Phi) is 2.46. The Balaban J connectivity index is 2.16. The summed E-state index contributed by atoms with van der Waals surface area (Å²) in [5.41, 5.74) is 0.0187. The minimum absolute atomic E-state index is 0.0250. The van der Waals surface area contributed by atoms with Crippen molar-refractivity contribution in [3.05, 3.63) is 22.9 Å². The lowest BCUT2D eigenvalue weighted by Gasteiger charge is -2.51. The summed E-state index contributed by atoms with van der Waals surface area (Å²) in [6.07, 6.45) is 4.70. The van der Waals surface area contributed by atoms with Gasteiger partial charge in [0.15, 0.2) is 0 Å². The van der Waals surface area contributed by atoms with E-state index in [1.165, 1.54) is 0 Å². The quantitative estimate of drug-likeness (QED) is 0.822. The van der Waals surface area contributed by atoms with Gasteiger partial charge in [-0.3, -0.25) is 4.57 Å². The monoisotopic (exact) mass is 210 g/mol. The molecule has 1 heterocycles. The average Bonchev–Trinajstić information content (AvgIpc) is 2.58. The molecule has 0 aromatic carbocycles. The Labute approximate surface area is 89.3 Å². The van der Waals surface area contributed by atoms with Crippen LogP contribution in [0, 0.1) is 5.41 Å². The first-order valence-corrected chi connectivity index (χ1v) is 5.44. The van der Waals surface area contributed by atoms with Crippen LogP contribution < -0.4 is 5.69 Å². The van der Waals surface area contributed by atoms with E-state index in [9.17, 15) is 4.79 Å². The van der Waals surface area contributed by atoms with Crippen LogP contribution in [0.4, 0.5) is 0 Å². The van der Waals surface area contributed by atoms with Crippen LogP contribution in [0.25, 0.3) is 0 Å². The van der Waals surface area contributed by atoms with E-state index in [0.717, 1.165) is 13.0 Å². The van der Waals surface area contributed by atoms with Crippen molar-refractivity contribution in [2.24, 2.45) is 5.41 Å². The van der Waals surface area contributed by atoms with Gasteiger partial charge in [-0.05, 0) is 13.3 Å². The number of hydrogen-bond acceptors (Lipinski definition) is 2. The molecule has 1 fully saturated rings. The lowest BCUT2D eigenvalue weighted by Crippen LogP contribution is -2.53. The first-order chi connectivity index (χ1) is 7.07. The maximum atomic E-state index is 11.5. The molecular formula is C11H18N2O2. The minimum atomic E-state index is -0.0250. The molecule has 1 aliphatic rings. The smallest absolute Gasteiger partial charge is 0.325 e. The van der Waals surface area contributed by atoms with E-state index in [2.05, 4.69) is 18.8 Å². The minimum Gasteiger partial charge on any atom is -0.378 e. The van der Waals surface area contributed by atoms with Crippen LogP contribution in [0.3, 0.4) is 0 Å². The average molecular weight is 210 g/mol. The van der Waals surface area contributed by atoms with Crippen LogP contribution in [0.5, 0.6) is 0 Å². The zero-order valence-corrected chi connectivity index (χ0v) is 9.49. The lowest BCUT2D eigenvalue weighted by molar-refractivity contribution is -0.128. The van der Waals surface area contributed by atoms with Gasteiger partial charge in [0.2, 0.25) is 0 Å². The summed E-state index contributed by atoms with van der Waals surface area (Å²) in [6, 6.07) is 0.257. The van der Waals surface area contributed by atoms with E-state index >= 15 is 0 Å². The zero-order chi connectivity index (χ0) is 11.1. The summed E-state index contributed by atoms with van der Waals surface area (Å²) in [6.45, 7) is 7.05. The lowest BCUT2D eigenvalue weighted by atomic mass is 9.64. The van der Waals surface area contributed by atoms with Gasteiger partial charge in [0.25, 0.3) is 0 Å². The highest BCUT2D eigenvalue weighted by Gasteiger charge is 2.50. The van der Waals surface area contributed by atoms with E-state index in [-0.39, 0.29) is 23.3 Å². The summed E-state index contributed by atoms with van der Waals surface area (Å²) in [4.78, 5) is 14.1. The fraction of sp³-hybridized carbons (Fsp3) is 0.727. The van der Waals surface area contributed by atoms with Crippen molar-refractivity contribution in [3.63, 3.8) is 0 Å². The number of nitrogens with one attached hydrogen (secondary N) is 1. The van der Waals surface area contributed by atoms with Gasteiger partial charge in [0.1, 0.15) is 0 Å². The first-order valence-electron chi connectivity index (χ1n) is 5.44. The Morgan fingerprint density at radius 1 is 1.67 bits per heavy atom. The Hall–Kier alpha value is -1.03. The number of ether oxygens (including phenoxy) is 1. The van der Waals surface area contributed by atoms with Crippen molar-refractivity contribution < 1.29 is 4.74 Å². The predicted molar refractivity (Wildman–Crippen MR) is 57.9 cm³/mol. The molecule has 4 heteroatoms. The second-order valence-electron chi connectivity index (χ2n) is 4.69. The Morgan fingerprint density at radius 2 is 2.40 bits per heavy atom. The molecule has 1 aromatic rings. The predicted octanol–water partition coefficient (Wildman–Crippen LogP) is 1.55. The second-order valence-corrected chi connectivity index (χ2v) is 4.69. The van der Waals surface area contributed by atoms with Crippen molar-refractivity contribution in [2.45, 2.75) is 39.3 Å². The van der Waals surface area contributed by atoms with Crippen LogP contribution in [0.2, 0.25) is 0 Å². The number of imidazole rings is 1. The summed E-state index contributed by atoms with van der Waals surface area (Å²) in [5, 5.41) is 0. The Bertz CT molecular complexity index is 391. The number of hydrogen-bond donors (Lipinski definition) is 1. The largest absolute Gasteiger partial charge is 0.378 e. The normalized spacial score (nSPS) is 28.7. The van der Waals surface area contributed by atoms with Gasteiger partial charge in [-0.25, -0.2) is 4.79 Å². The molecule has 84 valence electrons. The number of H-pyrrole nitrogens is 1. The van der Waals surface area contributed by atoms with Crippen LogP contribution in [0.1, 0.15) is 33.2 Å². The van der Waals surface area contributed by atoms with E-state index in [1.54, 1.807) is 10.8 Å². The summed E-state index contributed by atoms with van der Waals surface area (Å²) in [7, 11) is 0. The van der Waals surface area contributed by atoms with Gasteiger partial charge in [0, 0.05) is 30.5 Å². The molecule has 0 bridgehead atoms. The zero-order valence-electron chi connectivity index (χ0n) is 9.49. The molecule has 2 rings (SSSR count). The second kappa shape index (κ2) is 3.52. The van der Waals surface area contributed by atoms with Gasteiger partial charge in [-0.15, -0.1) is 0 Å². The highest BCUT2D eigenvalue weighted by Crippen LogP contribution is 2.50. The SMILES string of the molecule is CCOC1CC(n2cc[nH]c2=O)C1(C)C. The van der Waals surface area contributed by atoms with Gasteiger partial charge in [-0.2, -0.15) is 0 Å². The Morgan fingerprint density at radius 3 is 2.87 bits per heavy atom. The third-order valence-electron chi connectivity index (χ3n) is 3.51. The number of aromatic nitrogens is 2. The van der Waals surface area contributed by atoms with Crippen molar-refractivity contribution in [1.29, 1.82) is 0 Å². The van der Waals surface area contributed by atoms with Crippen molar-refractivity contribution in [3.8, 4) is 0 Å². The van der Waals surface area contributed by atoms with Crippen molar-refractivity contribution >= 4 is 0 Å². The third kappa shape index (κ3) is 1.53. The van der Waals surface area contributed by atoms with Crippen LogP contribution in [0.15, 0.2) is 17.2 Å². The molecule has 15 heavy (non-hydrogen) atoms. The maximum absolute atomic E-state index is 11.5. The third-order valence-corrected chi connectivity index (χ3v) is 3.51. The molecule has 0 saturated heterocycles. The summed E-state index contributed by atoms with van der Waals surface area (Å²) < 4.78 is 7.41. The van der Waals surface area contributed by atoms with E-state index in [4.69, 9.17) is 4.74 Å². The number of rotatable bonds is 3. The fourth-order valence-corrected chi connectivity index (χ4v) is 2.40. The molecule has 0 radical (unpaired) electrons. The van der Waals surface area contributed by atoms with Gasteiger partial charge < -0.3 is 9.72 Å². The summed E-state index contributed by atoms with van der Waals surface area (Å²) >= 11 is 0. The number of nitrogens with zero attached hydrogens (tertiary/aromatic N) is 1. The van der Waals surface area contributed by atoms with E-state index in [1.807, 2.05) is 13.1 Å². The van der Waals surface area contributed by atoms with E-state index in [0.29, 0.717) is 0 Å². The van der Waals surface area contributed by atoms with Gasteiger partial charge >= 0.3 is 5.69 Å².